The van der Waals surface area contributed by atoms with Gasteiger partial charge in [-0.1, -0.05) is 13.8 Å². The minimum Gasteiger partial charge on any atom is -0.444 e. The Morgan fingerprint density at radius 1 is 1.17 bits per heavy atom. The first-order chi connectivity index (χ1) is 10.3. The molecule has 1 atom stereocenters. The Labute approximate surface area is 141 Å². The minimum absolute atomic E-state index is 0.0598. The Morgan fingerprint density at radius 2 is 1.74 bits per heavy atom. The molecule has 138 valence electrons. The van der Waals surface area contributed by atoms with E-state index in [0.717, 1.165) is 0 Å². The minimum atomic E-state index is -3.18. The molecule has 2 N–H and O–H groups in total. The molecule has 1 unspecified atom stereocenters. The van der Waals surface area contributed by atoms with Crippen molar-refractivity contribution in [1.82, 2.24) is 14.9 Å². The van der Waals surface area contributed by atoms with Gasteiger partial charge in [0.25, 0.3) is 0 Å². The smallest absolute Gasteiger partial charge is 0.407 e. The molecule has 0 bridgehead atoms. The quantitative estimate of drug-likeness (QED) is 0.611. The first kappa shape index (κ1) is 22.1. The van der Waals surface area contributed by atoms with Gasteiger partial charge in [-0.2, -0.15) is 0 Å². The van der Waals surface area contributed by atoms with Gasteiger partial charge in [0, 0.05) is 27.2 Å². The predicted molar refractivity (Wildman–Crippen MR) is 92.9 cm³/mol. The highest BCUT2D eigenvalue weighted by atomic mass is 32.2. The zero-order valence-electron chi connectivity index (χ0n) is 15.5. The number of alkyl carbamates (subject to hydrolysis) is 1. The summed E-state index contributed by atoms with van der Waals surface area (Å²) >= 11 is 0. The maximum Gasteiger partial charge on any atom is 0.407 e. The second kappa shape index (κ2) is 9.44. The molecule has 0 aliphatic rings. The molecule has 0 radical (unpaired) electrons. The third-order valence-electron chi connectivity index (χ3n) is 3.35. The SMILES string of the molecule is CC(C)C(CNCCS(=O)(=O)N(C)C)CNC(=O)OC(C)(C)C. The van der Waals surface area contributed by atoms with E-state index in [2.05, 4.69) is 24.5 Å². The molecule has 0 rings (SSSR count). The second-order valence-corrected chi connectivity index (χ2v) is 9.49. The van der Waals surface area contributed by atoms with E-state index in [1.165, 1.54) is 18.4 Å². The maximum atomic E-state index is 11.7. The topological polar surface area (TPSA) is 87.7 Å². The fraction of sp³-hybridized carbons (Fsp3) is 0.933. The summed E-state index contributed by atoms with van der Waals surface area (Å²) in [6.45, 7) is 11.1. The molecule has 1 amide bonds. The summed E-state index contributed by atoms with van der Waals surface area (Å²) in [5.74, 6) is 0.608. The van der Waals surface area contributed by atoms with E-state index in [0.29, 0.717) is 25.6 Å². The number of hydrogen-bond donors (Lipinski definition) is 2. The van der Waals surface area contributed by atoms with Gasteiger partial charge in [-0.3, -0.25) is 0 Å². The molecule has 0 aliphatic heterocycles. The molecular weight excluding hydrogens is 318 g/mol. The van der Waals surface area contributed by atoms with Crippen LogP contribution in [0.4, 0.5) is 4.79 Å². The Morgan fingerprint density at radius 3 is 2.17 bits per heavy atom. The van der Waals surface area contributed by atoms with Crippen LogP contribution in [0.15, 0.2) is 0 Å². The fourth-order valence-corrected chi connectivity index (χ4v) is 2.51. The van der Waals surface area contributed by atoms with Crippen LogP contribution in [0.25, 0.3) is 0 Å². The first-order valence-corrected chi connectivity index (χ1v) is 9.54. The molecular formula is C15H33N3O4S. The molecule has 0 heterocycles. The standard InChI is InChI=1S/C15H33N3O4S/c1-12(2)13(11-17-14(19)22-15(3,4)5)10-16-8-9-23(20,21)18(6)7/h12-13,16H,8-11H2,1-7H3,(H,17,19). The summed E-state index contributed by atoms with van der Waals surface area (Å²) in [4.78, 5) is 11.7. The third-order valence-corrected chi connectivity index (χ3v) is 5.18. The predicted octanol–water partition coefficient (Wildman–Crippen LogP) is 1.26. The summed E-state index contributed by atoms with van der Waals surface area (Å²) in [7, 11) is -0.132. The average molecular weight is 352 g/mol. The average Bonchev–Trinajstić information content (AvgIpc) is 2.34. The van der Waals surface area contributed by atoms with Crippen LogP contribution in [0, 0.1) is 11.8 Å². The van der Waals surface area contributed by atoms with Crippen LogP contribution in [-0.4, -0.2) is 63.9 Å². The highest BCUT2D eigenvalue weighted by molar-refractivity contribution is 7.89. The summed E-state index contributed by atoms with van der Waals surface area (Å²) < 4.78 is 29.8. The van der Waals surface area contributed by atoms with Gasteiger partial charge in [0.2, 0.25) is 10.0 Å². The van der Waals surface area contributed by atoms with Crippen molar-refractivity contribution < 1.29 is 17.9 Å². The first-order valence-electron chi connectivity index (χ1n) is 7.93. The van der Waals surface area contributed by atoms with E-state index in [9.17, 15) is 13.2 Å². The summed E-state index contributed by atoms with van der Waals surface area (Å²) in [5, 5.41) is 5.92. The third kappa shape index (κ3) is 10.5. The summed E-state index contributed by atoms with van der Waals surface area (Å²) in [5.41, 5.74) is -0.518. The molecule has 0 fully saturated rings. The molecule has 7 nitrogen and oxygen atoms in total. The number of nitrogens with zero attached hydrogens (tertiary/aromatic N) is 1. The van der Waals surface area contributed by atoms with E-state index in [1.807, 2.05) is 20.8 Å². The van der Waals surface area contributed by atoms with E-state index < -0.39 is 21.7 Å². The van der Waals surface area contributed by atoms with Crippen molar-refractivity contribution in [2.45, 2.75) is 40.2 Å². The van der Waals surface area contributed by atoms with Crippen LogP contribution in [0.3, 0.4) is 0 Å². The zero-order chi connectivity index (χ0) is 18.3. The van der Waals surface area contributed by atoms with Crippen molar-refractivity contribution >= 4 is 16.1 Å². The van der Waals surface area contributed by atoms with Gasteiger partial charge >= 0.3 is 6.09 Å². The number of ether oxygens (including phenoxy) is 1. The molecule has 0 saturated carbocycles. The van der Waals surface area contributed by atoms with Crippen LogP contribution in [0.5, 0.6) is 0 Å². The molecule has 0 saturated heterocycles. The Kier molecular flexibility index (Phi) is 9.09. The number of sulfonamides is 1. The molecule has 23 heavy (non-hydrogen) atoms. The van der Waals surface area contributed by atoms with Crippen LogP contribution >= 0.6 is 0 Å². The largest absolute Gasteiger partial charge is 0.444 e. The summed E-state index contributed by atoms with van der Waals surface area (Å²) in [6.07, 6.45) is -0.432. The number of amides is 1. The zero-order valence-corrected chi connectivity index (χ0v) is 16.3. The number of carbonyl (C=O) groups excluding carboxylic acids is 1. The highest BCUT2D eigenvalue weighted by Gasteiger charge is 2.19. The van der Waals surface area contributed by atoms with Crippen molar-refractivity contribution in [2.24, 2.45) is 11.8 Å². The van der Waals surface area contributed by atoms with Crippen LogP contribution in [0.2, 0.25) is 0 Å². The Bertz CT molecular complexity index is 456. The molecule has 0 spiro atoms. The lowest BCUT2D eigenvalue weighted by molar-refractivity contribution is 0.0515. The van der Waals surface area contributed by atoms with Crippen molar-refractivity contribution in [3.05, 3.63) is 0 Å². The normalized spacial score (nSPS) is 14.1. The number of carbonyl (C=O) groups is 1. The van der Waals surface area contributed by atoms with Gasteiger partial charge in [0.15, 0.2) is 0 Å². The molecule has 8 heteroatoms. The van der Waals surface area contributed by atoms with Gasteiger partial charge in [-0.05, 0) is 39.2 Å². The van der Waals surface area contributed by atoms with Gasteiger partial charge in [-0.15, -0.1) is 0 Å². The van der Waals surface area contributed by atoms with Crippen LogP contribution in [-0.2, 0) is 14.8 Å². The van der Waals surface area contributed by atoms with Gasteiger partial charge < -0.3 is 15.4 Å². The van der Waals surface area contributed by atoms with Gasteiger partial charge in [0.05, 0.1) is 5.75 Å². The van der Waals surface area contributed by atoms with E-state index in [1.54, 1.807) is 0 Å². The lowest BCUT2D eigenvalue weighted by Crippen LogP contribution is -2.40. The molecule has 0 aromatic heterocycles. The highest BCUT2D eigenvalue weighted by Crippen LogP contribution is 2.10. The lowest BCUT2D eigenvalue weighted by Gasteiger charge is -2.24. The molecule has 0 aromatic rings. The number of rotatable bonds is 9. The monoisotopic (exact) mass is 351 g/mol. The van der Waals surface area contributed by atoms with Crippen LogP contribution in [0.1, 0.15) is 34.6 Å². The number of nitrogens with one attached hydrogen (secondary N) is 2. The summed E-state index contributed by atoms with van der Waals surface area (Å²) in [6, 6.07) is 0. The van der Waals surface area contributed by atoms with E-state index >= 15 is 0 Å². The fourth-order valence-electron chi connectivity index (χ4n) is 1.74. The lowest BCUT2D eigenvalue weighted by atomic mass is 9.96. The van der Waals surface area contributed by atoms with Gasteiger partial charge in [0.1, 0.15) is 5.60 Å². The van der Waals surface area contributed by atoms with Crippen molar-refractivity contribution in [3.8, 4) is 0 Å². The molecule has 0 aliphatic carbocycles. The van der Waals surface area contributed by atoms with E-state index in [-0.39, 0.29) is 11.7 Å². The second-order valence-electron chi connectivity index (χ2n) is 7.19. The van der Waals surface area contributed by atoms with Crippen molar-refractivity contribution in [1.29, 1.82) is 0 Å². The Hall–Kier alpha value is -0.860. The Balaban J connectivity index is 4.21. The maximum absolute atomic E-state index is 11.7. The van der Waals surface area contributed by atoms with Crippen molar-refractivity contribution in [3.63, 3.8) is 0 Å². The van der Waals surface area contributed by atoms with E-state index in [4.69, 9.17) is 4.74 Å². The molecule has 0 aromatic carbocycles. The van der Waals surface area contributed by atoms with Crippen molar-refractivity contribution in [2.75, 3.05) is 39.5 Å². The van der Waals surface area contributed by atoms with Gasteiger partial charge in [-0.25, -0.2) is 17.5 Å². The van der Waals surface area contributed by atoms with Crippen LogP contribution < -0.4 is 10.6 Å². The number of hydrogen-bond acceptors (Lipinski definition) is 5.